The minimum atomic E-state index is 0.176. The van der Waals surface area contributed by atoms with Gasteiger partial charge in [-0.3, -0.25) is 4.99 Å². The summed E-state index contributed by atoms with van der Waals surface area (Å²) in [6.07, 6.45) is 3.44. The third-order valence-electron chi connectivity index (χ3n) is 2.23. The van der Waals surface area contributed by atoms with E-state index in [4.69, 9.17) is 0 Å². The number of rotatable bonds is 4. The molecule has 0 unspecified atom stereocenters. The van der Waals surface area contributed by atoms with Gasteiger partial charge in [0.25, 0.3) is 0 Å². The Labute approximate surface area is 83.0 Å². The van der Waals surface area contributed by atoms with Crippen LogP contribution in [0.4, 0.5) is 0 Å². The van der Waals surface area contributed by atoms with Crippen molar-refractivity contribution in [3.05, 3.63) is 12.3 Å². The monoisotopic (exact) mass is 181 g/mol. The lowest BCUT2D eigenvalue weighted by Crippen LogP contribution is -2.16. The molecule has 1 nitrogen and oxygen atoms in total. The third-order valence-corrected chi connectivity index (χ3v) is 2.23. The second-order valence-electron chi connectivity index (χ2n) is 4.62. The normalized spacial score (nSPS) is 13.2. The van der Waals surface area contributed by atoms with Crippen LogP contribution in [0.15, 0.2) is 17.3 Å². The average Bonchev–Trinajstić information content (AvgIpc) is 1.99. The van der Waals surface area contributed by atoms with Gasteiger partial charge in [-0.15, -0.1) is 0 Å². The molecule has 0 aromatic heterocycles. The maximum Gasteiger partial charge on any atom is 0.0331 e. The smallest absolute Gasteiger partial charge is 0.0331 e. The molecular weight excluding hydrogens is 158 g/mol. The van der Waals surface area contributed by atoms with Gasteiger partial charge in [0.1, 0.15) is 0 Å². The van der Waals surface area contributed by atoms with Crippen molar-refractivity contribution in [1.29, 1.82) is 0 Å². The Morgan fingerprint density at radius 1 is 1.31 bits per heavy atom. The minimum absolute atomic E-state index is 0.176. The van der Waals surface area contributed by atoms with Gasteiger partial charge in [-0.05, 0) is 25.2 Å². The van der Waals surface area contributed by atoms with Crippen molar-refractivity contribution in [1.82, 2.24) is 0 Å². The molecule has 0 saturated heterocycles. The fourth-order valence-electron chi connectivity index (χ4n) is 0.842. The fourth-order valence-corrected chi connectivity index (χ4v) is 0.842. The maximum atomic E-state index is 4.51. The van der Waals surface area contributed by atoms with E-state index in [1.807, 2.05) is 0 Å². The van der Waals surface area contributed by atoms with Crippen LogP contribution in [-0.4, -0.2) is 5.71 Å². The Bertz CT molecular complexity index is 194. The van der Waals surface area contributed by atoms with Crippen molar-refractivity contribution >= 4 is 5.71 Å². The van der Waals surface area contributed by atoms with Crippen molar-refractivity contribution < 1.29 is 0 Å². The summed E-state index contributed by atoms with van der Waals surface area (Å²) in [6.45, 7) is 14.8. The maximum absolute atomic E-state index is 4.51. The van der Waals surface area contributed by atoms with E-state index in [0.717, 1.165) is 12.1 Å². The molecule has 0 bridgehead atoms. The Hall–Kier alpha value is -0.590. The molecule has 0 N–H and O–H groups in total. The van der Waals surface area contributed by atoms with Crippen molar-refractivity contribution in [3.8, 4) is 0 Å². The highest BCUT2D eigenvalue weighted by molar-refractivity contribution is 5.87. The van der Waals surface area contributed by atoms with Gasteiger partial charge in [-0.25, -0.2) is 0 Å². The molecule has 0 atom stereocenters. The predicted molar refractivity (Wildman–Crippen MR) is 61.2 cm³/mol. The van der Waals surface area contributed by atoms with Crippen LogP contribution in [0.25, 0.3) is 0 Å². The average molecular weight is 181 g/mol. The lowest BCUT2D eigenvalue weighted by molar-refractivity contribution is 0.586. The highest BCUT2D eigenvalue weighted by Gasteiger charge is 2.13. The molecule has 0 heterocycles. The molecule has 0 aliphatic carbocycles. The number of allylic oxidation sites excluding steroid dienone is 1. The third kappa shape index (κ3) is 5.62. The van der Waals surface area contributed by atoms with Gasteiger partial charge in [0.15, 0.2) is 0 Å². The molecule has 0 rings (SSSR count). The molecule has 0 aromatic rings. The van der Waals surface area contributed by atoms with Crippen LogP contribution in [-0.2, 0) is 0 Å². The minimum Gasteiger partial charge on any atom is -0.263 e. The molecule has 0 amide bonds. The van der Waals surface area contributed by atoms with Gasteiger partial charge in [0, 0.05) is 11.4 Å². The lowest BCUT2D eigenvalue weighted by atomic mass is 9.91. The van der Waals surface area contributed by atoms with Crippen LogP contribution in [0.2, 0.25) is 0 Å². The molecule has 1 heteroatoms. The quantitative estimate of drug-likeness (QED) is 0.576. The van der Waals surface area contributed by atoms with E-state index in [0.29, 0.717) is 0 Å². The van der Waals surface area contributed by atoms with Crippen LogP contribution < -0.4 is 0 Å². The zero-order valence-electron chi connectivity index (χ0n) is 9.78. The van der Waals surface area contributed by atoms with Crippen LogP contribution in [0.5, 0.6) is 0 Å². The second kappa shape index (κ2) is 5.21. The molecule has 0 aliphatic heterocycles. The molecule has 13 heavy (non-hydrogen) atoms. The standard InChI is InChI=1S/C12H23N/c1-7-8-9-10(2)13-11(3)12(4,5)6/h2,7-9H2,1,3-6H3. The summed E-state index contributed by atoms with van der Waals surface area (Å²) >= 11 is 0. The number of hydrogen-bond acceptors (Lipinski definition) is 1. The van der Waals surface area contributed by atoms with Gasteiger partial charge in [0.05, 0.1) is 0 Å². The first kappa shape index (κ1) is 12.4. The van der Waals surface area contributed by atoms with E-state index in [1.54, 1.807) is 0 Å². The molecule has 0 saturated carbocycles. The molecule has 0 aromatic carbocycles. The second-order valence-corrected chi connectivity index (χ2v) is 4.62. The molecule has 0 fully saturated rings. The Morgan fingerprint density at radius 3 is 2.23 bits per heavy atom. The number of aliphatic imine (C=N–C) groups is 1. The zero-order valence-corrected chi connectivity index (χ0v) is 9.78. The van der Waals surface area contributed by atoms with Crippen molar-refractivity contribution in [2.45, 2.75) is 53.9 Å². The summed E-state index contributed by atoms with van der Waals surface area (Å²) in [7, 11) is 0. The lowest BCUT2D eigenvalue weighted by Gasteiger charge is -2.18. The van der Waals surface area contributed by atoms with E-state index in [2.05, 4.69) is 46.2 Å². The number of nitrogens with zero attached hydrogens (tertiary/aromatic N) is 1. The Kier molecular flexibility index (Phi) is 4.97. The first-order valence-electron chi connectivity index (χ1n) is 5.11. The topological polar surface area (TPSA) is 12.4 Å². The summed E-state index contributed by atoms with van der Waals surface area (Å²) in [5.41, 5.74) is 2.37. The summed E-state index contributed by atoms with van der Waals surface area (Å²) in [6, 6.07) is 0. The molecule has 0 spiro atoms. The zero-order chi connectivity index (χ0) is 10.5. The highest BCUT2D eigenvalue weighted by atomic mass is 14.8. The number of hydrogen-bond donors (Lipinski definition) is 0. The van der Waals surface area contributed by atoms with E-state index in [1.165, 1.54) is 18.6 Å². The molecular formula is C12H23N. The molecule has 0 aliphatic rings. The van der Waals surface area contributed by atoms with Crippen LogP contribution in [0.3, 0.4) is 0 Å². The highest BCUT2D eigenvalue weighted by Crippen LogP contribution is 2.18. The first-order valence-corrected chi connectivity index (χ1v) is 5.11. The largest absolute Gasteiger partial charge is 0.263 e. The van der Waals surface area contributed by atoms with Gasteiger partial charge >= 0.3 is 0 Å². The van der Waals surface area contributed by atoms with Crippen LogP contribution >= 0.6 is 0 Å². The van der Waals surface area contributed by atoms with Crippen LogP contribution in [0.1, 0.15) is 53.9 Å². The van der Waals surface area contributed by atoms with Crippen LogP contribution in [0, 0.1) is 5.41 Å². The van der Waals surface area contributed by atoms with E-state index in [9.17, 15) is 0 Å². The molecule has 76 valence electrons. The van der Waals surface area contributed by atoms with E-state index >= 15 is 0 Å². The van der Waals surface area contributed by atoms with Gasteiger partial charge in [-0.2, -0.15) is 0 Å². The summed E-state index contributed by atoms with van der Waals surface area (Å²) < 4.78 is 0. The number of unbranched alkanes of at least 4 members (excludes halogenated alkanes) is 1. The van der Waals surface area contributed by atoms with Crippen molar-refractivity contribution in [3.63, 3.8) is 0 Å². The fraction of sp³-hybridized carbons (Fsp3) is 0.750. The Balaban J connectivity index is 4.15. The van der Waals surface area contributed by atoms with Crippen molar-refractivity contribution in [2.75, 3.05) is 0 Å². The van der Waals surface area contributed by atoms with E-state index in [-0.39, 0.29) is 5.41 Å². The SMILES string of the molecule is C=C(CCCC)N=C(C)C(C)(C)C. The Morgan fingerprint density at radius 2 is 1.85 bits per heavy atom. The van der Waals surface area contributed by atoms with Gasteiger partial charge in [0.2, 0.25) is 0 Å². The summed E-state index contributed by atoms with van der Waals surface area (Å²) in [5.74, 6) is 0. The van der Waals surface area contributed by atoms with E-state index < -0.39 is 0 Å². The van der Waals surface area contributed by atoms with Crippen molar-refractivity contribution in [2.24, 2.45) is 10.4 Å². The summed E-state index contributed by atoms with van der Waals surface area (Å²) in [5, 5.41) is 0. The van der Waals surface area contributed by atoms with Gasteiger partial charge in [-0.1, -0.05) is 40.7 Å². The summed E-state index contributed by atoms with van der Waals surface area (Å²) in [4.78, 5) is 4.51. The molecule has 0 radical (unpaired) electrons. The predicted octanol–water partition coefficient (Wildman–Crippen LogP) is 4.20. The first-order chi connectivity index (χ1) is 5.88. The van der Waals surface area contributed by atoms with Gasteiger partial charge < -0.3 is 0 Å².